The van der Waals surface area contributed by atoms with Gasteiger partial charge in [0.2, 0.25) is 10.0 Å². The van der Waals surface area contributed by atoms with Crippen LogP contribution in [0.1, 0.15) is 15.9 Å². The highest BCUT2D eigenvalue weighted by Gasteiger charge is 2.28. The number of hydrogen-bond acceptors (Lipinski definition) is 6. The van der Waals surface area contributed by atoms with E-state index in [1.54, 1.807) is 37.3 Å². The highest BCUT2D eigenvalue weighted by Crippen LogP contribution is 2.26. The highest BCUT2D eigenvalue weighted by atomic mass is 35.5. The number of aromatic nitrogens is 3. The molecule has 0 bridgehead atoms. The predicted molar refractivity (Wildman–Crippen MR) is 115 cm³/mol. The molecule has 0 aliphatic carbocycles. The summed E-state index contributed by atoms with van der Waals surface area (Å²) in [6.07, 6.45) is 2.88. The van der Waals surface area contributed by atoms with E-state index in [9.17, 15) is 13.2 Å². The normalized spacial score (nSPS) is 15.0. The Hall–Kier alpha value is -2.79. The maximum absolute atomic E-state index is 13.1. The van der Waals surface area contributed by atoms with Crippen LogP contribution < -0.4 is 5.32 Å². The fraction of sp³-hybridized carbons (Fsp3) is 0.250. The van der Waals surface area contributed by atoms with Crippen LogP contribution in [0.3, 0.4) is 0 Å². The molecular formula is C20H20ClN5O4S. The van der Waals surface area contributed by atoms with Crippen LogP contribution in [0.25, 0.3) is 5.69 Å². The Morgan fingerprint density at radius 3 is 2.65 bits per heavy atom. The van der Waals surface area contributed by atoms with Gasteiger partial charge in [0, 0.05) is 23.7 Å². The predicted octanol–water partition coefficient (Wildman–Crippen LogP) is 2.50. The van der Waals surface area contributed by atoms with Gasteiger partial charge in [-0.1, -0.05) is 17.7 Å². The maximum Gasteiger partial charge on any atom is 0.255 e. The van der Waals surface area contributed by atoms with Crippen molar-refractivity contribution in [2.45, 2.75) is 11.8 Å². The van der Waals surface area contributed by atoms with E-state index in [4.69, 9.17) is 16.3 Å². The number of carbonyl (C=O) groups excluding carboxylic acids is 1. The monoisotopic (exact) mass is 461 g/mol. The molecule has 1 saturated heterocycles. The smallest absolute Gasteiger partial charge is 0.255 e. The van der Waals surface area contributed by atoms with Gasteiger partial charge in [0.15, 0.2) is 0 Å². The van der Waals surface area contributed by atoms with Crippen molar-refractivity contribution in [1.29, 1.82) is 0 Å². The zero-order valence-corrected chi connectivity index (χ0v) is 18.2. The molecule has 2 aromatic carbocycles. The van der Waals surface area contributed by atoms with Gasteiger partial charge >= 0.3 is 0 Å². The molecule has 162 valence electrons. The number of anilines is 1. The Balaban J connectivity index is 1.65. The van der Waals surface area contributed by atoms with E-state index >= 15 is 0 Å². The number of sulfonamides is 1. The van der Waals surface area contributed by atoms with Crippen molar-refractivity contribution in [1.82, 2.24) is 19.1 Å². The first-order chi connectivity index (χ1) is 14.9. The minimum atomic E-state index is -3.74. The quantitative estimate of drug-likeness (QED) is 0.625. The number of nitrogens with zero attached hydrogens (tertiary/aromatic N) is 4. The number of aryl methyl sites for hydroxylation is 1. The SMILES string of the molecule is Cc1ccc(C(=O)Nc2cc(Cl)ccc2-n2cncn2)cc1S(=O)(=O)N1CCOCC1. The number of halogens is 1. The van der Waals surface area contributed by atoms with Gasteiger partial charge in [0.25, 0.3) is 5.91 Å². The summed E-state index contributed by atoms with van der Waals surface area (Å²) in [7, 11) is -3.74. The van der Waals surface area contributed by atoms with Crippen LogP contribution in [-0.2, 0) is 14.8 Å². The molecule has 3 aromatic rings. The lowest BCUT2D eigenvalue weighted by atomic mass is 10.1. The van der Waals surface area contributed by atoms with Gasteiger partial charge in [-0.3, -0.25) is 4.79 Å². The molecule has 1 aliphatic heterocycles. The van der Waals surface area contributed by atoms with Gasteiger partial charge < -0.3 is 10.1 Å². The van der Waals surface area contributed by atoms with Crippen molar-refractivity contribution >= 4 is 33.2 Å². The Kier molecular flexibility index (Phi) is 6.05. The van der Waals surface area contributed by atoms with Gasteiger partial charge in [0.1, 0.15) is 12.7 Å². The largest absolute Gasteiger partial charge is 0.379 e. The van der Waals surface area contributed by atoms with Gasteiger partial charge in [0.05, 0.1) is 29.5 Å². The molecule has 4 rings (SSSR count). The van der Waals surface area contributed by atoms with Crippen LogP contribution in [0, 0.1) is 6.92 Å². The first-order valence-corrected chi connectivity index (χ1v) is 11.3. The first-order valence-electron chi connectivity index (χ1n) is 9.51. The summed E-state index contributed by atoms with van der Waals surface area (Å²) < 4.78 is 34.3. The lowest BCUT2D eigenvalue weighted by Gasteiger charge is -2.26. The Morgan fingerprint density at radius 2 is 1.94 bits per heavy atom. The summed E-state index contributed by atoms with van der Waals surface area (Å²) in [5.74, 6) is -0.470. The summed E-state index contributed by atoms with van der Waals surface area (Å²) in [6, 6.07) is 9.58. The number of rotatable bonds is 5. The molecule has 0 spiro atoms. The summed E-state index contributed by atoms with van der Waals surface area (Å²) in [6.45, 7) is 2.95. The van der Waals surface area contributed by atoms with Crippen molar-refractivity contribution in [3.63, 3.8) is 0 Å². The van der Waals surface area contributed by atoms with E-state index in [0.717, 1.165) is 0 Å². The van der Waals surface area contributed by atoms with E-state index < -0.39 is 15.9 Å². The van der Waals surface area contributed by atoms with Crippen molar-refractivity contribution in [2.75, 3.05) is 31.6 Å². The molecule has 0 atom stereocenters. The van der Waals surface area contributed by atoms with Gasteiger partial charge in [-0.2, -0.15) is 9.40 Å². The van der Waals surface area contributed by atoms with Crippen molar-refractivity contribution in [3.8, 4) is 5.69 Å². The standard InChI is InChI=1S/C20H20ClN5O4S/c1-14-2-3-15(10-19(14)31(28,29)25-6-8-30-9-7-25)20(27)24-17-11-16(21)4-5-18(17)26-13-22-12-23-26/h2-5,10-13H,6-9H2,1H3,(H,24,27). The van der Waals surface area contributed by atoms with Crippen LogP contribution in [-0.4, -0.2) is 59.7 Å². The third-order valence-electron chi connectivity index (χ3n) is 4.91. The van der Waals surface area contributed by atoms with Crippen LogP contribution in [0.15, 0.2) is 53.9 Å². The molecule has 0 unspecified atom stereocenters. The Morgan fingerprint density at radius 1 is 1.16 bits per heavy atom. The number of benzene rings is 2. The fourth-order valence-corrected chi connectivity index (χ4v) is 5.11. The molecule has 2 heterocycles. The molecule has 1 aromatic heterocycles. The number of ether oxygens (including phenoxy) is 1. The zero-order chi connectivity index (χ0) is 22.0. The van der Waals surface area contributed by atoms with E-state index in [1.807, 2.05) is 0 Å². The third-order valence-corrected chi connectivity index (χ3v) is 7.19. The minimum Gasteiger partial charge on any atom is -0.379 e. The highest BCUT2D eigenvalue weighted by molar-refractivity contribution is 7.89. The molecule has 11 heteroatoms. The number of amides is 1. The zero-order valence-electron chi connectivity index (χ0n) is 16.7. The van der Waals surface area contributed by atoms with Gasteiger partial charge in [-0.15, -0.1) is 0 Å². The average molecular weight is 462 g/mol. The minimum absolute atomic E-state index is 0.102. The summed E-state index contributed by atoms with van der Waals surface area (Å²) in [5.41, 5.74) is 1.76. The summed E-state index contributed by atoms with van der Waals surface area (Å²) in [5, 5.41) is 7.31. The lowest BCUT2D eigenvalue weighted by molar-refractivity contribution is 0.0730. The molecule has 1 aliphatic rings. The van der Waals surface area contributed by atoms with Crippen molar-refractivity contribution in [2.24, 2.45) is 0 Å². The van der Waals surface area contributed by atoms with E-state index in [0.29, 0.717) is 35.2 Å². The second-order valence-corrected chi connectivity index (χ2v) is 9.30. The van der Waals surface area contributed by atoms with Crippen molar-refractivity contribution < 1.29 is 17.9 Å². The van der Waals surface area contributed by atoms with E-state index in [2.05, 4.69) is 15.4 Å². The van der Waals surface area contributed by atoms with Crippen LogP contribution in [0.5, 0.6) is 0 Å². The van der Waals surface area contributed by atoms with E-state index in [1.165, 1.54) is 27.7 Å². The van der Waals surface area contributed by atoms with Gasteiger partial charge in [-0.05, 0) is 42.8 Å². The average Bonchev–Trinajstić information content (AvgIpc) is 3.29. The molecule has 0 saturated carbocycles. The first kappa shape index (κ1) is 21.4. The molecule has 1 fully saturated rings. The molecule has 31 heavy (non-hydrogen) atoms. The van der Waals surface area contributed by atoms with Crippen LogP contribution in [0.4, 0.5) is 5.69 Å². The third kappa shape index (κ3) is 4.47. The number of carbonyl (C=O) groups is 1. The topological polar surface area (TPSA) is 106 Å². The molecule has 9 nitrogen and oxygen atoms in total. The summed E-state index contributed by atoms with van der Waals surface area (Å²) >= 11 is 6.11. The van der Waals surface area contributed by atoms with Crippen LogP contribution >= 0.6 is 11.6 Å². The number of morpholine rings is 1. The summed E-state index contributed by atoms with van der Waals surface area (Å²) in [4.78, 5) is 17.0. The number of nitrogens with one attached hydrogen (secondary N) is 1. The fourth-order valence-electron chi connectivity index (χ4n) is 3.28. The second kappa shape index (κ2) is 8.75. The maximum atomic E-state index is 13.1. The molecule has 1 N–H and O–H groups in total. The van der Waals surface area contributed by atoms with E-state index in [-0.39, 0.29) is 23.5 Å². The number of hydrogen-bond donors (Lipinski definition) is 1. The van der Waals surface area contributed by atoms with Gasteiger partial charge in [-0.25, -0.2) is 18.1 Å². The molecule has 0 radical (unpaired) electrons. The molecular weight excluding hydrogens is 442 g/mol. The second-order valence-electron chi connectivity index (χ2n) is 6.95. The Labute approximate surface area is 184 Å². The molecule has 1 amide bonds. The van der Waals surface area contributed by atoms with Crippen LogP contribution in [0.2, 0.25) is 5.02 Å². The van der Waals surface area contributed by atoms with Crippen molar-refractivity contribution in [3.05, 3.63) is 65.2 Å². The Bertz CT molecular complexity index is 1210. The lowest BCUT2D eigenvalue weighted by Crippen LogP contribution is -2.40.